The van der Waals surface area contributed by atoms with Gasteiger partial charge < -0.3 is 18.6 Å². The molecule has 0 saturated carbocycles. The minimum atomic E-state index is -0.446. The number of rotatable bonds is 5. The number of ether oxygens (including phenoxy) is 3. The second-order valence-corrected chi connectivity index (χ2v) is 5.65. The molecule has 0 atom stereocenters. The summed E-state index contributed by atoms with van der Waals surface area (Å²) in [5, 5.41) is 2.57. The van der Waals surface area contributed by atoms with Crippen molar-refractivity contribution in [3.8, 4) is 33.5 Å². The Labute approximate surface area is 142 Å². The molecule has 0 N–H and O–H groups in total. The molecule has 0 aliphatic rings. The van der Waals surface area contributed by atoms with Crippen LogP contribution in [-0.4, -0.2) is 32.3 Å². The van der Waals surface area contributed by atoms with Crippen molar-refractivity contribution in [1.82, 2.24) is 4.98 Å². The normalized spacial score (nSPS) is 10.5. The molecule has 6 nitrogen and oxygen atoms in total. The second kappa shape index (κ2) is 6.76. The molecule has 1 aromatic carbocycles. The lowest BCUT2D eigenvalue weighted by atomic mass is 10.1. The van der Waals surface area contributed by atoms with Crippen LogP contribution in [0.1, 0.15) is 10.4 Å². The first kappa shape index (κ1) is 16.1. The van der Waals surface area contributed by atoms with Crippen LogP contribution in [0.15, 0.2) is 40.3 Å². The van der Waals surface area contributed by atoms with Crippen LogP contribution in [0, 0.1) is 0 Å². The topological polar surface area (TPSA) is 70.8 Å². The van der Waals surface area contributed by atoms with Crippen molar-refractivity contribution < 1.29 is 23.4 Å². The average molecular weight is 345 g/mol. The maximum Gasteiger partial charge on any atom is 0.341 e. The maximum absolute atomic E-state index is 11.5. The van der Waals surface area contributed by atoms with Crippen LogP contribution >= 0.6 is 11.3 Å². The number of aromatic nitrogens is 1. The molecule has 7 heteroatoms. The van der Waals surface area contributed by atoms with Crippen LogP contribution in [-0.2, 0) is 4.74 Å². The molecular weight excluding hydrogens is 330 g/mol. The fraction of sp³-hybridized carbons (Fsp3) is 0.176. The number of methoxy groups -OCH3 is 3. The highest BCUT2D eigenvalue weighted by Crippen LogP contribution is 2.36. The minimum Gasteiger partial charge on any atom is -0.497 e. The van der Waals surface area contributed by atoms with Crippen molar-refractivity contribution >= 4 is 17.3 Å². The van der Waals surface area contributed by atoms with E-state index in [4.69, 9.17) is 13.9 Å². The van der Waals surface area contributed by atoms with Crippen LogP contribution in [0.3, 0.4) is 0 Å². The molecule has 24 heavy (non-hydrogen) atoms. The zero-order valence-corrected chi connectivity index (χ0v) is 14.2. The minimum absolute atomic E-state index is 0.353. The largest absolute Gasteiger partial charge is 0.497 e. The third-order valence-electron chi connectivity index (χ3n) is 3.42. The van der Waals surface area contributed by atoms with Crippen LogP contribution < -0.4 is 9.47 Å². The van der Waals surface area contributed by atoms with Gasteiger partial charge in [-0.2, -0.15) is 0 Å². The van der Waals surface area contributed by atoms with E-state index >= 15 is 0 Å². The summed E-state index contributed by atoms with van der Waals surface area (Å²) in [4.78, 5) is 16.1. The number of hydrogen-bond donors (Lipinski definition) is 0. The molecule has 0 saturated heterocycles. The van der Waals surface area contributed by atoms with Crippen LogP contribution in [0.4, 0.5) is 0 Å². The summed E-state index contributed by atoms with van der Waals surface area (Å²) in [5.74, 6) is 1.44. The average Bonchev–Trinajstić information content (AvgIpc) is 3.29. The van der Waals surface area contributed by atoms with Crippen molar-refractivity contribution in [3.63, 3.8) is 0 Å². The van der Waals surface area contributed by atoms with Crippen molar-refractivity contribution in [2.45, 2.75) is 0 Å². The number of esters is 1. The van der Waals surface area contributed by atoms with E-state index in [2.05, 4.69) is 9.72 Å². The molecule has 2 aromatic heterocycles. The van der Waals surface area contributed by atoms with Gasteiger partial charge in [0.05, 0.1) is 32.6 Å². The van der Waals surface area contributed by atoms with Crippen molar-refractivity contribution in [1.29, 1.82) is 0 Å². The Hall–Kier alpha value is -2.80. The lowest BCUT2D eigenvalue weighted by molar-refractivity contribution is 0.0600. The Morgan fingerprint density at radius 2 is 2.00 bits per heavy atom. The van der Waals surface area contributed by atoms with E-state index in [1.54, 1.807) is 26.4 Å². The predicted molar refractivity (Wildman–Crippen MR) is 89.7 cm³/mol. The Balaban J connectivity index is 1.93. The summed E-state index contributed by atoms with van der Waals surface area (Å²) in [6, 6.07) is 7.15. The highest BCUT2D eigenvalue weighted by molar-refractivity contribution is 7.13. The van der Waals surface area contributed by atoms with Crippen molar-refractivity contribution in [2.24, 2.45) is 0 Å². The zero-order valence-electron chi connectivity index (χ0n) is 13.4. The summed E-state index contributed by atoms with van der Waals surface area (Å²) in [6.45, 7) is 0. The Bertz CT molecular complexity index is 868. The highest BCUT2D eigenvalue weighted by atomic mass is 32.1. The van der Waals surface area contributed by atoms with E-state index in [0.717, 1.165) is 11.3 Å². The maximum atomic E-state index is 11.5. The summed E-state index contributed by atoms with van der Waals surface area (Å²) in [6.07, 6.45) is 1.36. The number of nitrogens with zero attached hydrogens (tertiary/aromatic N) is 1. The van der Waals surface area contributed by atoms with E-state index in [-0.39, 0.29) is 0 Å². The van der Waals surface area contributed by atoms with Crippen molar-refractivity contribution in [3.05, 3.63) is 41.5 Å². The molecule has 0 aliphatic carbocycles. The third kappa shape index (κ3) is 2.98. The van der Waals surface area contributed by atoms with Gasteiger partial charge >= 0.3 is 5.97 Å². The van der Waals surface area contributed by atoms with Gasteiger partial charge in [0.25, 0.3) is 0 Å². The van der Waals surface area contributed by atoms with E-state index in [0.29, 0.717) is 27.8 Å². The second-order valence-electron chi connectivity index (χ2n) is 4.80. The fourth-order valence-corrected chi connectivity index (χ4v) is 2.97. The van der Waals surface area contributed by atoms with E-state index in [9.17, 15) is 4.79 Å². The summed E-state index contributed by atoms with van der Waals surface area (Å²) < 4.78 is 20.7. The third-order valence-corrected chi connectivity index (χ3v) is 4.28. The van der Waals surface area contributed by atoms with Crippen LogP contribution in [0.2, 0.25) is 0 Å². The van der Waals surface area contributed by atoms with Gasteiger partial charge in [0.2, 0.25) is 0 Å². The quantitative estimate of drug-likeness (QED) is 0.654. The molecule has 0 fully saturated rings. The molecule has 0 unspecified atom stereocenters. The molecule has 3 rings (SSSR count). The molecule has 0 radical (unpaired) electrons. The van der Waals surface area contributed by atoms with Crippen LogP contribution in [0.25, 0.3) is 22.0 Å². The lowest BCUT2D eigenvalue weighted by Crippen LogP contribution is -1.98. The molecular formula is C17H15NO5S. The van der Waals surface area contributed by atoms with Crippen molar-refractivity contribution in [2.75, 3.05) is 21.3 Å². The molecule has 0 aliphatic heterocycles. The first-order valence-corrected chi connectivity index (χ1v) is 7.89. The van der Waals surface area contributed by atoms with Gasteiger partial charge in [-0.05, 0) is 12.1 Å². The Morgan fingerprint density at radius 1 is 1.17 bits per heavy atom. The Morgan fingerprint density at radius 3 is 2.71 bits per heavy atom. The van der Waals surface area contributed by atoms with E-state index in [1.807, 2.05) is 17.5 Å². The monoisotopic (exact) mass is 345 g/mol. The smallest absolute Gasteiger partial charge is 0.341 e. The van der Waals surface area contributed by atoms with Gasteiger partial charge in [0, 0.05) is 23.1 Å². The molecule has 124 valence electrons. The number of furan rings is 1. The highest BCUT2D eigenvalue weighted by Gasteiger charge is 2.16. The lowest BCUT2D eigenvalue weighted by Gasteiger charge is -2.08. The Kier molecular flexibility index (Phi) is 4.52. The van der Waals surface area contributed by atoms with Gasteiger partial charge in [-0.1, -0.05) is 0 Å². The molecule has 0 bridgehead atoms. The number of thiazole rings is 1. The van der Waals surface area contributed by atoms with Crippen LogP contribution in [0.5, 0.6) is 11.5 Å². The first-order valence-electron chi connectivity index (χ1n) is 7.01. The zero-order chi connectivity index (χ0) is 17.1. The van der Waals surface area contributed by atoms with Gasteiger partial charge in [0.1, 0.15) is 17.8 Å². The number of hydrogen-bond acceptors (Lipinski definition) is 7. The summed E-state index contributed by atoms with van der Waals surface area (Å²) in [7, 11) is 4.53. The molecule has 2 heterocycles. The van der Waals surface area contributed by atoms with E-state index < -0.39 is 5.97 Å². The summed E-state index contributed by atoms with van der Waals surface area (Å²) >= 11 is 1.42. The number of benzene rings is 1. The first-order chi connectivity index (χ1) is 11.7. The molecule has 3 aromatic rings. The number of carbonyl (C=O) groups excluding carboxylic acids is 1. The summed E-state index contributed by atoms with van der Waals surface area (Å²) in [5.41, 5.74) is 1.96. The van der Waals surface area contributed by atoms with Gasteiger partial charge in [-0.15, -0.1) is 11.3 Å². The molecule has 0 amide bonds. The fourth-order valence-electron chi connectivity index (χ4n) is 2.19. The standard InChI is InChI=1S/C17H15NO5S/c1-20-11-4-5-12(14(7-11)21-2)13-9-24-16(18-13)15-6-10(8-23-15)17(19)22-3/h4-9H,1-3H3. The van der Waals surface area contributed by atoms with Gasteiger partial charge in [0.15, 0.2) is 10.8 Å². The predicted octanol–water partition coefficient (Wildman–Crippen LogP) is 3.87. The van der Waals surface area contributed by atoms with Gasteiger partial charge in [-0.25, -0.2) is 9.78 Å². The molecule has 0 spiro atoms. The van der Waals surface area contributed by atoms with E-state index in [1.165, 1.54) is 24.7 Å². The van der Waals surface area contributed by atoms with Gasteiger partial charge in [-0.3, -0.25) is 0 Å². The SMILES string of the molecule is COC(=O)c1coc(-c2nc(-c3ccc(OC)cc3OC)cs2)c1. The number of carbonyl (C=O) groups is 1.